The molecule has 0 aromatic heterocycles. The highest BCUT2D eigenvalue weighted by atomic mass is 31.1. The molecule has 1 aromatic rings. The summed E-state index contributed by atoms with van der Waals surface area (Å²) in [4.78, 5) is 10.3. The molecule has 1 unspecified atom stereocenters. The van der Waals surface area contributed by atoms with Gasteiger partial charge in [0.15, 0.2) is 0 Å². The highest BCUT2D eigenvalue weighted by Crippen LogP contribution is 2.24. The van der Waals surface area contributed by atoms with Crippen molar-refractivity contribution < 1.29 is 4.89 Å². The zero-order valence-electron chi connectivity index (χ0n) is 8.74. The molecule has 14 heavy (non-hydrogen) atoms. The van der Waals surface area contributed by atoms with Gasteiger partial charge in [0.2, 0.25) is 0 Å². The van der Waals surface area contributed by atoms with Crippen molar-refractivity contribution in [2.24, 2.45) is 4.76 Å². The van der Waals surface area contributed by atoms with E-state index in [1.165, 1.54) is 5.56 Å². The average Bonchev–Trinajstić information content (AvgIpc) is 2.14. The van der Waals surface area contributed by atoms with Crippen LogP contribution in [0.2, 0.25) is 0 Å². The molecule has 0 N–H and O–H groups in total. The highest BCUT2D eigenvalue weighted by molar-refractivity contribution is 7.28. The zero-order chi connectivity index (χ0) is 10.6. The number of hydrogen-bond acceptors (Lipinski definition) is 2. The van der Waals surface area contributed by atoms with Crippen LogP contribution in [0.3, 0.4) is 0 Å². The fourth-order valence-corrected chi connectivity index (χ4v) is 1.58. The molecule has 1 aromatic carbocycles. The number of hydrogen-bond donors (Lipinski definition) is 0. The number of nitrogens with zero attached hydrogens (tertiary/aromatic N) is 1. The van der Waals surface area contributed by atoms with Gasteiger partial charge in [-0.1, -0.05) is 54.0 Å². The van der Waals surface area contributed by atoms with Gasteiger partial charge in [-0.05, 0) is 16.5 Å². The van der Waals surface area contributed by atoms with Crippen LogP contribution < -0.4 is 4.89 Å². The Labute approximate surface area is 87.0 Å². The van der Waals surface area contributed by atoms with Gasteiger partial charge in [0, 0.05) is 6.21 Å². The van der Waals surface area contributed by atoms with Gasteiger partial charge in [-0.15, -0.1) is 0 Å². The van der Waals surface area contributed by atoms with E-state index in [2.05, 4.69) is 31.6 Å². The summed E-state index contributed by atoms with van der Waals surface area (Å²) >= 11 is 0. The second-order valence-electron chi connectivity index (χ2n) is 4.19. The first-order valence-corrected chi connectivity index (χ1v) is 5.41. The normalized spacial score (nSPS) is 13.1. The quantitative estimate of drug-likeness (QED) is 0.542. The third-order valence-corrected chi connectivity index (χ3v) is 2.26. The lowest BCUT2D eigenvalue weighted by Crippen LogP contribution is -2.13. The molecule has 0 heterocycles. The lowest BCUT2D eigenvalue weighted by molar-refractivity contribution is -0.150. The maximum atomic E-state index is 10.3. The monoisotopic (exact) mass is 208 g/mol. The van der Waals surface area contributed by atoms with Crippen LogP contribution in [0.4, 0.5) is 0 Å². The van der Waals surface area contributed by atoms with Crippen LogP contribution in [0.1, 0.15) is 31.9 Å². The maximum absolute atomic E-state index is 10.3. The third kappa shape index (κ3) is 2.90. The van der Waals surface area contributed by atoms with E-state index in [1.807, 2.05) is 18.2 Å². The molecule has 0 aliphatic carbocycles. The van der Waals surface area contributed by atoms with Crippen molar-refractivity contribution in [3.63, 3.8) is 0 Å². The van der Waals surface area contributed by atoms with E-state index in [4.69, 9.17) is 0 Å². The van der Waals surface area contributed by atoms with Crippen LogP contribution in [0, 0.1) is 0 Å². The molecule has 0 bridgehead atoms. The Kier molecular flexibility index (Phi) is 3.79. The van der Waals surface area contributed by atoms with Gasteiger partial charge in [0.05, 0.1) is 0 Å². The number of rotatable bonds is 2. The molecule has 2 nitrogen and oxygen atoms in total. The molecule has 0 aliphatic heterocycles. The summed E-state index contributed by atoms with van der Waals surface area (Å²) in [5, 5.41) is 0. The highest BCUT2D eigenvalue weighted by Gasteiger charge is 2.15. The Balaban J connectivity index is 3.10. The van der Waals surface area contributed by atoms with E-state index >= 15 is 0 Å². The fraction of sp³-hybridized carbons (Fsp3) is 0.364. The summed E-state index contributed by atoms with van der Waals surface area (Å²) in [5.74, 6) is 0. The Morgan fingerprint density at radius 3 is 2.50 bits per heavy atom. The molecular weight excluding hydrogens is 193 g/mol. The Morgan fingerprint density at radius 1 is 1.29 bits per heavy atom. The Hall–Kier alpha value is -0.720. The van der Waals surface area contributed by atoms with Crippen molar-refractivity contribution in [2.75, 3.05) is 0 Å². The predicted octanol–water partition coefficient (Wildman–Crippen LogP) is 2.27. The van der Waals surface area contributed by atoms with Gasteiger partial charge in [-0.3, -0.25) is 4.76 Å². The van der Waals surface area contributed by atoms with E-state index in [0.29, 0.717) is 0 Å². The Bertz CT molecular complexity index is 328. The van der Waals surface area contributed by atoms with E-state index in [-0.39, 0.29) is 5.41 Å². The average molecular weight is 208 g/mol. The standard InChI is InChI=1S/C11H15NOP/c1-11(2,3)10-7-5-4-6-9(10)8-12-14-13/h4-8,14H,1-3H3/q-1. The minimum Gasteiger partial charge on any atom is -0.814 e. The summed E-state index contributed by atoms with van der Waals surface area (Å²) in [6.07, 6.45) is 1.67. The zero-order valence-corrected chi connectivity index (χ0v) is 9.74. The van der Waals surface area contributed by atoms with Crippen LogP contribution in [-0.2, 0) is 5.41 Å². The minimum atomic E-state index is -0.617. The third-order valence-electron chi connectivity index (χ3n) is 2.03. The lowest BCUT2D eigenvalue weighted by Gasteiger charge is -2.21. The molecule has 0 radical (unpaired) electrons. The van der Waals surface area contributed by atoms with E-state index in [0.717, 1.165) is 5.56 Å². The Morgan fingerprint density at radius 2 is 1.93 bits per heavy atom. The van der Waals surface area contributed by atoms with Gasteiger partial charge in [-0.25, -0.2) is 0 Å². The van der Waals surface area contributed by atoms with Crippen LogP contribution in [0.25, 0.3) is 0 Å². The fourth-order valence-electron chi connectivity index (χ4n) is 1.39. The van der Waals surface area contributed by atoms with E-state index < -0.39 is 8.96 Å². The molecule has 0 saturated carbocycles. The lowest BCUT2D eigenvalue weighted by atomic mass is 9.84. The van der Waals surface area contributed by atoms with Gasteiger partial charge < -0.3 is 4.89 Å². The van der Waals surface area contributed by atoms with E-state index in [9.17, 15) is 4.89 Å². The van der Waals surface area contributed by atoms with Gasteiger partial charge >= 0.3 is 0 Å². The van der Waals surface area contributed by atoms with Gasteiger partial charge in [0.1, 0.15) is 0 Å². The topological polar surface area (TPSA) is 35.4 Å². The van der Waals surface area contributed by atoms with Crippen molar-refractivity contribution in [1.82, 2.24) is 0 Å². The molecule has 0 fully saturated rings. The summed E-state index contributed by atoms with van der Waals surface area (Å²) in [7, 11) is -0.617. The second kappa shape index (κ2) is 4.68. The van der Waals surface area contributed by atoms with Crippen molar-refractivity contribution in [2.45, 2.75) is 26.2 Å². The van der Waals surface area contributed by atoms with E-state index in [1.54, 1.807) is 6.21 Å². The van der Waals surface area contributed by atoms with Crippen LogP contribution >= 0.6 is 8.96 Å². The number of benzene rings is 1. The SMILES string of the molecule is CC(C)(C)c1ccccc1C=NP[O-]. The summed E-state index contributed by atoms with van der Waals surface area (Å²) < 4.78 is 3.76. The van der Waals surface area contributed by atoms with Crippen molar-refractivity contribution >= 4 is 15.2 Å². The first kappa shape index (κ1) is 11.4. The van der Waals surface area contributed by atoms with Crippen LogP contribution in [0.15, 0.2) is 29.0 Å². The summed E-state index contributed by atoms with van der Waals surface area (Å²) in [6, 6.07) is 8.04. The van der Waals surface area contributed by atoms with Gasteiger partial charge in [-0.2, -0.15) is 0 Å². The summed E-state index contributed by atoms with van der Waals surface area (Å²) in [5.41, 5.74) is 2.36. The molecule has 0 amide bonds. The maximum Gasteiger partial charge on any atom is 0.0313 e. The molecular formula is C11H15NOP-. The molecule has 3 heteroatoms. The van der Waals surface area contributed by atoms with Crippen LogP contribution in [-0.4, -0.2) is 6.21 Å². The van der Waals surface area contributed by atoms with Crippen molar-refractivity contribution in [3.05, 3.63) is 35.4 Å². The smallest absolute Gasteiger partial charge is 0.0313 e. The minimum absolute atomic E-state index is 0.0919. The predicted molar refractivity (Wildman–Crippen MR) is 61.1 cm³/mol. The molecule has 0 spiro atoms. The van der Waals surface area contributed by atoms with Gasteiger partial charge in [0.25, 0.3) is 0 Å². The summed E-state index contributed by atoms with van der Waals surface area (Å²) in [6.45, 7) is 6.46. The first-order valence-electron chi connectivity index (χ1n) is 4.55. The molecule has 0 aliphatic rings. The molecule has 1 atom stereocenters. The van der Waals surface area contributed by atoms with Crippen molar-refractivity contribution in [1.29, 1.82) is 0 Å². The molecule has 0 saturated heterocycles. The molecule has 76 valence electrons. The molecule has 1 rings (SSSR count). The van der Waals surface area contributed by atoms with Crippen molar-refractivity contribution in [3.8, 4) is 0 Å². The van der Waals surface area contributed by atoms with Crippen LogP contribution in [0.5, 0.6) is 0 Å². The first-order chi connectivity index (χ1) is 6.55. The largest absolute Gasteiger partial charge is 0.814 e. The second-order valence-corrected chi connectivity index (χ2v) is 4.63.